The molecule has 3 aliphatic carbocycles. The Morgan fingerprint density at radius 2 is 1.64 bits per heavy atom. The highest BCUT2D eigenvalue weighted by atomic mass is 16.2. The van der Waals surface area contributed by atoms with Crippen LogP contribution in [0.15, 0.2) is 11.6 Å². The molecule has 0 saturated heterocycles. The van der Waals surface area contributed by atoms with E-state index in [2.05, 4.69) is 101 Å². The third kappa shape index (κ3) is 3.73. The minimum absolute atomic E-state index is 0.0257. The van der Waals surface area contributed by atoms with Crippen LogP contribution in [-0.2, 0) is 9.59 Å². The highest BCUT2D eigenvalue weighted by Gasteiger charge is 2.76. The van der Waals surface area contributed by atoms with E-state index < -0.39 is 0 Å². The van der Waals surface area contributed by atoms with E-state index in [1.165, 1.54) is 5.57 Å². The van der Waals surface area contributed by atoms with Gasteiger partial charge in [-0.3, -0.25) is 9.59 Å². The largest absolute Gasteiger partial charge is 0.350 e. The Morgan fingerprint density at radius 1 is 1.03 bits per heavy atom. The van der Waals surface area contributed by atoms with Gasteiger partial charge in [-0.2, -0.15) is 0 Å². The second kappa shape index (κ2) is 9.62. The summed E-state index contributed by atoms with van der Waals surface area (Å²) in [7, 11) is 0. The van der Waals surface area contributed by atoms with E-state index in [0.29, 0.717) is 41.4 Å². The molecule has 0 aromatic heterocycles. The van der Waals surface area contributed by atoms with Crippen molar-refractivity contribution in [3.63, 3.8) is 0 Å². The fraction of sp³-hybridized carbons (Fsp3) is 0.886. The summed E-state index contributed by atoms with van der Waals surface area (Å²) >= 11 is 0. The molecule has 2 amide bonds. The predicted octanol–water partition coefficient (Wildman–Crippen LogP) is 7.78. The number of carbonyl (C=O) groups is 2. The summed E-state index contributed by atoms with van der Waals surface area (Å²) in [4.78, 5) is 27.2. The summed E-state index contributed by atoms with van der Waals surface area (Å²) in [5.41, 5.74) is 0.849. The van der Waals surface area contributed by atoms with Crippen LogP contribution in [-0.4, -0.2) is 23.4 Å². The topological polar surface area (TPSA) is 58.2 Å². The molecule has 222 valence electrons. The highest BCUT2D eigenvalue weighted by molar-refractivity contribution is 5.90. The summed E-state index contributed by atoms with van der Waals surface area (Å²) in [5, 5.41) is 7.07. The van der Waals surface area contributed by atoms with Gasteiger partial charge in [-0.15, -0.1) is 0 Å². The van der Waals surface area contributed by atoms with Crippen LogP contribution in [0.5, 0.6) is 0 Å². The van der Waals surface area contributed by atoms with Crippen molar-refractivity contribution in [1.82, 2.24) is 10.6 Å². The van der Waals surface area contributed by atoms with Gasteiger partial charge in [0.15, 0.2) is 0 Å². The molecule has 39 heavy (non-hydrogen) atoms. The van der Waals surface area contributed by atoms with Crippen molar-refractivity contribution in [2.75, 3.05) is 0 Å². The van der Waals surface area contributed by atoms with Gasteiger partial charge in [0.25, 0.3) is 0 Å². The van der Waals surface area contributed by atoms with E-state index in [1.807, 2.05) is 6.08 Å². The Kier molecular flexibility index (Phi) is 7.55. The average molecular weight is 541 g/mol. The molecule has 4 nitrogen and oxygen atoms in total. The van der Waals surface area contributed by atoms with Crippen molar-refractivity contribution in [1.29, 1.82) is 0 Å². The molecule has 3 fully saturated rings. The maximum atomic E-state index is 14.5. The molecule has 0 spiro atoms. The summed E-state index contributed by atoms with van der Waals surface area (Å²) in [5.74, 6) is 3.12. The van der Waals surface area contributed by atoms with Crippen molar-refractivity contribution in [3.05, 3.63) is 11.6 Å². The maximum Gasteiger partial charge on any atom is 0.244 e. The molecule has 1 heterocycles. The molecular formula is C35H60N2O2. The zero-order valence-corrected chi connectivity index (χ0v) is 27.5. The fourth-order valence-corrected chi connectivity index (χ4v) is 11.8. The minimum atomic E-state index is -0.188. The van der Waals surface area contributed by atoms with Gasteiger partial charge in [-0.05, 0) is 97.7 Å². The SMILES string of the molecule is CCC(C)(NC(=O)[C@H]1CC[C@H]2[C@@H]3CC[C@H]4NC(=O)C=C(C)[C@]4(C(C)C)[C@H]3C(C)(C)C(C)(C)[C@]12C(C)C)C(C)C. The number of hydrogen-bond acceptors (Lipinski definition) is 2. The molecule has 0 bridgehead atoms. The first-order valence-electron chi connectivity index (χ1n) is 16.2. The van der Waals surface area contributed by atoms with Crippen molar-refractivity contribution in [2.45, 2.75) is 134 Å². The number of carbonyl (C=O) groups excluding carboxylic acids is 2. The first-order chi connectivity index (χ1) is 17.9. The Hall–Kier alpha value is -1.32. The summed E-state index contributed by atoms with van der Waals surface area (Å²) in [6, 6.07) is 0.190. The lowest BCUT2D eigenvalue weighted by Gasteiger charge is -2.75. The number of nitrogens with one attached hydrogen (secondary N) is 2. The molecule has 1 unspecified atom stereocenters. The zero-order chi connectivity index (χ0) is 29.5. The molecule has 0 aromatic rings. The van der Waals surface area contributed by atoms with Crippen LogP contribution in [0.4, 0.5) is 0 Å². The molecule has 3 saturated carbocycles. The average Bonchev–Trinajstić information content (AvgIpc) is 3.24. The lowest BCUT2D eigenvalue weighted by molar-refractivity contribution is -0.256. The molecule has 4 aliphatic rings. The summed E-state index contributed by atoms with van der Waals surface area (Å²) < 4.78 is 0. The molecule has 4 rings (SSSR count). The van der Waals surface area contributed by atoms with Crippen LogP contribution in [0.1, 0.15) is 122 Å². The molecule has 0 aromatic carbocycles. The van der Waals surface area contributed by atoms with E-state index in [-0.39, 0.29) is 45.1 Å². The third-order valence-electron chi connectivity index (χ3n) is 14.2. The number of amides is 2. The van der Waals surface area contributed by atoms with Gasteiger partial charge in [0.1, 0.15) is 0 Å². The number of rotatable bonds is 6. The first-order valence-corrected chi connectivity index (χ1v) is 16.2. The molecular weight excluding hydrogens is 480 g/mol. The number of fused-ring (bicyclic) bond motifs is 5. The normalized spacial score (nSPS) is 40.4. The van der Waals surface area contributed by atoms with Gasteiger partial charge in [0.2, 0.25) is 11.8 Å². The van der Waals surface area contributed by atoms with Crippen LogP contribution in [0.3, 0.4) is 0 Å². The van der Waals surface area contributed by atoms with Gasteiger partial charge in [0.05, 0.1) is 0 Å². The van der Waals surface area contributed by atoms with E-state index >= 15 is 0 Å². The molecule has 1 aliphatic heterocycles. The van der Waals surface area contributed by atoms with Gasteiger partial charge in [-0.1, -0.05) is 81.7 Å². The van der Waals surface area contributed by atoms with E-state index in [1.54, 1.807) is 0 Å². The van der Waals surface area contributed by atoms with Crippen molar-refractivity contribution in [3.8, 4) is 0 Å². The number of hydrogen-bond donors (Lipinski definition) is 2. The van der Waals surface area contributed by atoms with Crippen LogP contribution in [0.2, 0.25) is 0 Å². The van der Waals surface area contributed by atoms with Gasteiger partial charge in [0, 0.05) is 29.0 Å². The van der Waals surface area contributed by atoms with Crippen LogP contribution in [0.25, 0.3) is 0 Å². The van der Waals surface area contributed by atoms with Crippen LogP contribution in [0, 0.1) is 63.1 Å². The Morgan fingerprint density at radius 3 is 2.15 bits per heavy atom. The zero-order valence-electron chi connectivity index (χ0n) is 27.5. The van der Waals surface area contributed by atoms with Crippen molar-refractivity contribution >= 4 is 11.8 Å². The Balaban J connectivity index is 1.91. The van der Waals surface area contributed by atoms with E-state index in [4.69, 9.17) is 0 Å². The Bertz CT molecular complexity index is 1020. The van der Waals surface area contributed by atoms with E-state index in [9.17, 15) is 9.59 Å². The van der Waals surface area contributed by atoms with Crippen molar-refractivity contribution < 1.29 is 9.59 Å². The second-order valence-electron chi connectivity index (χ2n) is 16.3. The lowest BCUT2D eigenvalue weighted by atomic mass is 9.30. The molecule has 8 atom stereocenters. The van der Waals surface area contributed by atoms with Gasteiger partial charge < -0.3 is 10.6 Å². The predicted molar refractivity (Wildman–Crippen MR) is 162 cm³/mol. The third-order valence-corrected chi connectivity index (χ3v) is 14.2. The summed E-state index contributed by atoms with van der Waals surface area (Å²) in [6.45, 7) is 30.8. The molecule has 4 heteroatoms. The van der Waals surface area contributed by atoms with Gasteiger partial charge >= 0.3 is 0 Å². The van der Waals surface area contributed by atoms with Crippen LogP contribution >= 0.6 is 0 Å². The molecule has 2 N–H and O–H groups in total. The summed E-state index contributed by atoms with van der Waals surface area (Å²) in [6.07, 6.45) is 7.15. The smallest absolute Gasteiger partial charge is 0.244 e. The first kappa shape index (κ1) is 30.6. The lowest BCUT2D eigenvalue weighted by Crippen LogP contribution is -2.73. The highest BCUT2D eigenvalue weighted by Crippen LogP contribution is 2.79. The van der Waals surface area contributed by atoms with Gasteiger partial charge in [-0.25, -0.2) is 0 Å². The quantitative estimate of drug-likeness (QED) is 0.361. The second-order valence-corrected chi connectivity index (χ2v) is 16.3. The fourth-order valence-electron chi connectivity index (χ4n) is 11.8. The van der Waals surface area contributed by atoms with Crippen LogP contribution < -0.4 is 10.6 Å². The maximum absolute atomic E-state index is 14.5. The minimum Gasteiger partial charge on any atom is -0.350 e. The Labute approximate surface area is 240 Å². The van der Waals surface area contributed by atoms with Crippen molar-refractivity contribution in [2.24, 2.45) is 63.1 Å². The monoisotopic (exact) mass is 540 g/mol. The van der Waals surface area contributed by atoms with E-state index in [0.717, 1.165) is 32.1 Å². The molecule has 0 radical (unpaired) electrons. The standard InChI is InChI=1S/C35H60N2O2/c1-14-33(13,20(2)3)37-30(39)26-17-16-25-24-15-18-27-34(21(4)5,23(8)19-28(38)36-27)29(24)31(9,10)32(11,12)35(25,26)22(6)7/h19-22,24-27,29H,14-18H2,1-13H3,(H,36,38)(H,37,39)/t24-,25-,26+,27+,29+,33?,34-,35-/m0/s1.